The molecule has 0 bridgehead atoms. The van der Waals surface area contributed by atoms with Crippen LogP contribution in [0.15, 0.2) is 36.7 Å². The number of H-pyrrole nitrogens is 1. The molecule has 24 heavy (non-hydrogen) atoms. The number of fused-ring (bicyclic) bond motifs is 1. The van der Waals surface area contributed by atoms with Crippen LogP contribution in [0.5, 0.6) is 0 Å². The summed E-state index contributed by atoms with van der Waals surface area (Å²) >= 11 is 0. The van der Waals surface area contributed by atoms with Gasteiger partial charge in [0.2, 0.25) is 5.95 Å². The Morgan fingerprint density at radius 3 is 2.75 bits per heavy atom. The van der Waals surface area contributed by atoms with Gasteiger partial charge in [0.15, 0.2) is 0 Å². The first-order valence-corrected chi connectivity index (χ1v) is 7.13. The molecule has 3 rings (SSSR count). The molecule has 0 radical (unpaired) electrons. The van der Waals surface area contributed by atoms with Crippen molar-refractivity contribution in [3.63, 3.8) is 0 Å². The van der Waals surface area contributed by atoms with Gasteiger partial charge in [-0.3, -0.25) is 10.3 Å². The molecule has 2 amide bonds. The Labute approximate surface area is 137 Å². The summed E-state index contributed by atoms with van der Waals surface area (Å²) in [5, 5.41) is 4.98. The van der Waals surface area contributed by atoms with Crippen molar-refractivity contribution in [2.45, 2.75) is 0 Å². The molecule has 1 aromatic carbocycles. The number of imidazole rings is 1. The predicted octanol–water partition coefficient (Wildman–Crippen LogP) is 2.16. The van der Waals surface area contributed by atoms with E-state index < -0.39 is 12.0 Å². The topological polar surface area (TPSA) is 109 Å². The van der Waals surface area contributed by atoms with Crippen molar-refractivity contribution >= 4 is 29.0 Å². The number of pyridine rings is 1. The van der Waals surface area contributed by atoms with Crippen LogP contribution in [-0.2, 0) is 4.74 Å². The molecule has 0 unspecified atom stereocenters. The Morgan fingerprint density at radius 2 is 2.08 bits per heavy atom. The lowest BCUT2D eigenvalue weighted by atomic mass is 10.0. The number of aromatic nitrogens is 3. The third kappa shape index (κ3) is 2.89. The van der Waals surface area contributed by atoms with Crippen molar-refractivity contribution in [2.75, 3.05) is 19.5 Å². The number of anilines is 1. The van der Waals surface area contributed by atoms with E-state index in [1.165, 1.54) is 14.2 Å². The summed E-state index contributed by atoms with van der Waals surface area (Å²) in [7, 11) is 2.81. The van der Waals surface area contributed by atoms with E-state index >= 15 is 0 Å². The SMILES string of the molecule is CNC(=O)Nc1nc2cc(-c3cccnc3)cc(C(=O)OC)c2[nH]1. The van der Waals surface area contributed by atoms with E-state index in [1.807, 2.05) is 12.1 Å². The number of hydrogen-bond acceptors (Lipinski definition) is 5. The summed E-state index contributed by atoms with van der Waals surface area (Å²) in [4.78, 5) is 34.9. The number of ether oxygens (including phenoxy) is 1. The average molecular weight is 325 g/mol. The zero-order chi connectivity index (χ0) is 17.1. The van der Waals surface area contributed by atoms with Gasteiger partial charge >= 0.3 is 12.0 Å². The fourth-order valence-corrected chi connectivity index (χ4v) is 2.31. The second kappa shape index (κ2) is 6.37. The van der Waals surface area contributed by atoms with Crippen LogP contribution in [0.2, 0.25) is 0 Å². The number of urea groups is 1. The fourth-order valence-electron chi connectivity index (χ4n) is 2.31. The fraction of sp³-hybridized carbons (Fsp3) is 0.125. The summed E-state index contributed by atoms with van der Waals surface area (Å²) < 4.78 is 4.84. The average Bonchev–Trinajstić information content (AvgIpc) is 3.02. The lowest BCUT2D eigenvalue weighted by Gasteiger charge is -2.05. The van der Waals surface area contributed by atoms with Gasteiger partial charge in [0.25, 0.3) is 0 Å². The molecule has 2 aromatic heterocycles. The number of hydrogen-bond donors (Lipinski definition) is 3. The summed E-state index contributed by atoms with van der Waals surface area (Å²) in [5.41, 5.74) is 2.96. The highest BCUT2D eigenvalue weighted by atomic mass is 16.5. The monoisotopic (exact) mass is 325 g/mol. The van der Waals surface area contributed by atoms with Crippen molar-refractivity contribution < 1.29 is 14.3 Å². The minimum absolute atomic E-state index is 0.234. The van der Waals surface area contributed by atoms with Gasteiger partial charge in [-0.05, 0) is 23.8 Å². The van der Waals surface area contributed by atoms with Crippen molar-refractivity contribution in [1.29, 1.82) is 0 Å². The van der Waals surface area contributed by atoms with Crippen LogP contribution in [0.1, 0.15) is 10.4 Å². The molecule has 122 valence electrons. The number of esters is 1. The number of rotatable bonds is 3. The first-order valence-electron chi connectivity index (χ1n) is 7.13. The second-order valence-corrected chi connectivity index (χ2v) is 4.94. The molecule has 0 aliphatic heterocycles. The van der Waals surface area contributed by atoms with Crippen LogP contribution >= 0.6 is 0 Å². The van der Waals surface area contributed by atoms with E-state index in [0.717, 1.165) is 11.1 Å². The molecule has 0 aliphatic carbocycles. The van der Waals surface area contributed by atoms with Gasteiger partial charge in [0, 0.05) is 25.0 Å². The van der Waals surface area contributed by atoms with Crippen LogP contribution in [-0.4, -0.2) is 41.1 Å². The van der Waals surface area contributed by atoms with Crippen molar-refractivity contribution in [2.24, 2.45) is 0 Å². The summed E-state index contributed by atoms with van der Waals surface area (Å²) in [5.74, 6) is -0.265. The zero-order valence-electron chi connectivity index (χ0n) is 13.1. The van der Waals surface area contributed by atoms with Crippen molar-refractivity contribution in [1.82, 2.24) is 20.3 Å². The molecule has 0 aliphatic rings. The Balaban J connectivity index is 2.16. The highest BCUT2D eigenvalue weighted by molar-refractivity contribution is 6.05. The lowest BCUT2D eigenvalue weighted by Crippen LogP contribution is -2.24. The van der Waals surface area contributed by atoms with Crippen molar-refractivity contribution in [3.8, 4) is 11.1 Å². The Bertz CT molecular complexity index is 905. The van der Waals surface area contributed by atoms with Gasteiger partial charge in [0.05, 0.1) is 23.7 Å². The smallest absolute Gasteiger partial charge is 0.340 e. The first kappa shape index (κ1) is 15.5. The lowest BCUT2D eigenvalue weighted by molar-refractivity contribution is 0.0603. The number of amides is 2. The molecular weight excluding hydrogens is 310 g/mol. The number of nitrogens with one attached hydrogen (secondary N) is 3. The third-order valence-electron chi connectivity index (χ3n) is 3.45. The Kier molecular flexibility index (Phi) is 4.11. The van der Waals surface area contributed by atoms with E-state index in [2.05, 4.69) is 25.6 Å². The molecule has 0 saturated heterocycles. The van der Waals surface area contributed by atoms with Crippen LogP contribution < -0.4 is 10.6 Å². The maximum atomic E-state index is 12.1. The highest BCUT2D eigenvalue weighted by Crippen LogP contribution is 2.27. The maximum absolute atomic E-state index is 12.1. The highest BCUT2D eigenvalue weighted by Gasteiger charge is 2.17. The third-order valence-corrected chi connectivity index (χ3v) is 3.45. The van der Waals surface area contributed by atoms with Gasteiger partial charge in [-0.25, -0.2) is 14.6 Å². The zero-order valence-corrected chi connectivity index (χ0v) is 13.1. The molecule has 3 N–H and O–H groups in total. The molecule has 8 heteroatoms. The normalized spacial score (nSPS) is 10.4. The van der Waals surface area contributed by atoms with Crippen LogP contribution in [0, 0.1) is 0 Å². The number of nitrogens with zero attached hydrogens (tertiary/aromatic N) is 2. The summed E-state index contributed by atoms with van der Waals surface area (Å²) in [6.07, 6.45) is 3.36. The number of benzene rings is 1. The molecule has 3 aromatic rings. The summed E-state index contributed by atoms with van der Waals surface area (Å²) in [6.45, 7) is 0. The van der Waals surface area contributed by atoms with Gasteiger partial charge in [-0.2, -0.15) is 0 Å². The first-order chi connectivity index (χ1) is 11.6. The molecule has 0 atom stereocenters. The quantitative estimate of drug-likeness (QED) is 0.639. The van der Waals surface area contributed by atoms with Crippen LogP contribution in [0.25, 0.3) is 22.2 Å². The number of carbonyl (C=O) groups excluding carboxylic acids is 2. The van der Waals surface area contributed by atoms with Crippen LogP contribution in [0.4, 0.5) is 10.7 Å². The number of aromatic amines is 1. The standard InChI is InChI=1S/C16H15N5O3/c1-17-16(23)21-15-19-12-7-10(9-4-3-5-18-8-9)6-11(13(12)20-15)14(22)24-2/h3-8H,1-2H3,(H3,17,19,20,21,23). The van der Waals surface area contributed by atoms with E-state index in [9.17, 15) is 9.59 Å². The predicted molar refractivity (Wildman–Crippen MR) is 88.7 cm³/mol. The minimum Gasteiger partial charge on any atom is -0.465 e. The van der Waals surface area contributed by atoms with Crippen molar-refractivity contribution in [3.05, 3.63) is 42.2 Å². The number of carbonyl (C=O) groups is 2. The number of methoxy groups -OCH3 is 1. The molecule has 8 nitrogen and oxygen atoms in total. The summed E-state index contributed by atoms with van der Waals surface area (Å²) in [6, 6.07) is 6.78. The van der Waals surface area contributed by atoms with E-state index in [-0.39, 0.29) is 5.95 Å². The minimum atomic E-state index is -0.499. The largest absolute Gasteiger partial charge is 0.465 e. The molecule has 2 heterocycles. The maximum Gasteiger partial charge on any atom is 0.340 e. The van der Waals surface area contributed by atoms with E-state index in [4.69, 9.17) is 4.74 Å². The van der Waals surface area contributed by atoms with Gasteiger partial charge < -0.3 is 15.0 Å². The Morgan fingerprint density at radius 1 is 1.25 bits per heavy atom. The molecule has 0 spiro atoms. The van der Waals surface area contributed by atoms with Gasteiger partial charge in [-0.1, -0.05) is 6.07 Å². The molecule has 0 saturated carbocycles. The van der Waals surface area contributed by atoms with Crippen LogP contribution in [0.3, 0.4) is 0 Å². The van der Waals surface area contributed by atoms with Gasteiger partial charge in [-0.15, -0.1) is 0 Å². The van der Waals surface area contributed by atoms with Gasteiger partial charge in [0.1, 0.15) is 0 Å². The van der Waals surface area contributed by atoms with E-state index in [1.54, 1.807) is 24.5 Å². The van der Waals surface area contributed by atoms with E-state index in [0.29, 0.717) is 16.6 Å². The molecular formula is C16H15N5O3. The second-order valence-electron chi connectivity index (χ2n) is 4.94. The Hall–Kier alpha value is -3.42. The molecule has 0 fully saturated rings.